The summed E-state index contributed by atoms with van der Waals surface area (Å²) < 4.78 is 5.46. The Morgan fingerprint density at radius 2 is 1.97 bits per heavy atom. The number of hydrogen-bond acceptors (Lipinski definition) is 8. The maximum Gasteiger partial charge on any atom is 0.251 e. The van der Waals surface area contributed by atoms with E-state index in [9.17, 15) is 4.79 Å². The molecule has 1 amide bonds. The smallest absolute Gasteiger partial charge is 0.251 e. The van der Waals surface area contributed by atoms with Crippen molar-refractivity contribution in [3.8, 4) is 11.3 Å². The van der Waals surface area contributed by atoms with E-state index in [2.05, 4.69) is 54.5 Å². The Balaban J connectivity index is 1.33. The van der Waals surface area contributed by atoms with Crippen molar-refractivity contribution in [2.75, 3.05) is 50.1 Å². The number of anilines is 2. The maximum absolute atomic E-state index is 12.3. The number of benzene rings is 1. The van der Waals surface area contributed by atoms with Gasteiger partial charge in [-0.1, -0.05) is 25.1 Å². The van der Waals surface area contributed by atoms with Crippen LogP contribution in [0.3, 0.4) is 0 Å². The van der Waals surface area contributed by atoms with Gasteiger partial charge in [0.1, 0.15) is 12.1 Å². The molecule has 184 valence electrons. The molecule has 0 saturated carbocycles. The average Bonchev–Trinajstić information content (AvgIpc) is 2.95. The van der Waals surface area contributed by atoms with Crippen LogP contribution in [0.1, 0.15) is 28.8 Å². The zero-order valence-corrected chi connectivity index (χ0v) is 20.4. The van der Waals surface area contributed by atoms with Crippen LogP contribution in [0, 0.1) is 0 Å². The van der Waals surface area contributed by atoms with Crippen LogP contribution < -0.4 is 15.5 Å². The number of morpholine rings is 1. The second kappa shape index (κ2) is 10.7. The van der Waals surface area contributed by atoms with Gasteiger partial charge in [0.05, 0.1) is 41.9 Å². The summed E-state index contributed by atoms with van der Waals surface area (Å²) in [6, 6.07) is 11.8. The van der Waals surface area contributed by atoms with Gasteiger partial charge in [-0.25, -0.2) is 9.97 Å². The minimum atomic E-state index is -0.119. The van der Waals surface area contributed by atoms with Gasteiger partial charge in [-0.15, -0.1) is 0 Å². The Bertz CT molecular complexity index is 1370. The van der Waals surface area contributed by atoms with Crippen molar-refractivity contribution in [2.45, 2.75) is 12.8 Å². The molecule has 1 aliphatic rings. The van der Waals surface area contributed by atoms with Crippen molar-refractivity contribution in [1.82, 2.24) is 25.3 Å². The lowest BCUT2D eigenvalue weighted by atomic mass is 9.96. The van der Waals surface area contributed by atoms with E-state index in [0.717, 1.165) is 65.5 Å². The number of hydrogen-bond donors (Lipinski definition) is 2. The van der Waals surface area contributed by atoms with E-state index in [0.29, 0.717) is 12.1 Å². The molecule has 3 aromatic heterocycles. The Labute approximate surface area is 210 Å². The Hall–Kier alpha value is -4.11. The number of amides is 1. The third-order valence-electron chi connectivity index (χ3n) is 6.46. The molecule has 0 spiro atoms. The largest absolute Gasteiger partial charge is 0.378 e. The monoisotopic (exact) mass is 483 g/mol. The Morgan fingerprint density at radius 3 is 2.81 bits per heavy atom. The second-order valence-corrected chi connectivity index (χ2v) is 8.78. The number of para-hydroxylation sites is 1. The van der Waals surface area contributed by atoms with E-state index < -0.39 is 0 Å². The van der Waals surface area contributed by atoms with E-state index in [4.69, 9.17) is 4.74 Å². The van der Waals surface area contributed by atoms with Crippen LogP contribution in [0.5, 0.6) is 0 Å². The molecule has 4 heterocycles. The quantitative estimate of drug-likeness (QED) is 0.412. The SMILES string of the molecule is CNC(=O)c1ccnc2c(C(C)CNc3cc(-c4cncc(N5CCOCC5)c4)ncn3)cccc12. The first-order valence-electron chi connectivity index (χ1n) is 12.1. The van der Waals surface area contributed by atoms with E-state index in [1.807, 2.05) is 30.6 Å². The Kier molecular flexibility index (Phi) is 6.99. The molecule has 36 heavy (non-hydrogen) atoms. The summed E-state index contributed by atoms with van der Waals surface area (Å²) in [6.45, 7) is 5.94. The lowest BCUT2D eigenvalue weighted by molar-refractivity contribution is 0.0964. The van der Waals surface area contributed by atoms with Crippen LogP contribution >= 0.6 is 0 Å². The molecule has 2 N–H and O–H groups in total. The van der Waals surface area contributed by atoms with E-state index in [-0.39, 0.29) is 11.8 Å². The molecule has 1 saturated heterocycles. The molecule has 1 aliphatic heterocycles. The summed E-state index contributed by atoms with van der Waals surface area (Å²) in [6.07, 6.45) is 6.96. The maximum atomic E-state index is 12.3. The minimum absolute atomic E-state index is 0.119. The fourth-order valence-electron chi connectivity index (χ4n) is 4.47. The molecular weight excluding hydrogens is 454 g/mol. The van der Waals surface area contributed by atoms with Gasteiger partial charge in [-0.3, -0.25) is 14.8 Å². The molecule has 1 atom stereocenters. The van der Waals surface area contributed by atoms with E-state index in [1.165, 1.54) is 0 Å². The molecule has 0 bridgehead atoms. The number of nitrogens with zero attached hydrogens (tertiary/aromatic N) is 5. The first-order chi connectivity index (χ1) is 17.6. The Morgan fingerprint density at radius 1 is 1.11 bits per heavy atom. The number of aromatic nitrogens is 4. The number of ether oxygens (including phenoxy) is 1. The van der Waals surface area contributed by atoms with Crippen LogP contribution in [-0.4, -0.2) is 65.7 Å². The highest BCUT2D eigenvalue weighted by molar-refractivity contribution is 6.06. The number of carbonyl (C=O) groups is 1. The summed E-state index contributed by atoms with van der Waals surface area (Å²) in [5, 5.41) is 6.99. The van der Waals surface area contributed by atoms with Gasteiger partial charge >= 0.3 is 0 Å². The number of nitrogens with one attached hydrogen (secondary N) is 2. The molecule has 0 radical (unpaired) electrons. The van der Waals surface area contributed by atoms with E-state index in [1.54, 1.807) is 25.6 Å². The van der Waals surface area contributed by atoms with Crippen molar-refractivity contribution in [1.29, 1.82) is 0 Å². The second-order valence-electron chi connectivity index (χ2n) is 8.78. The summed E-state index contributed by atoms with van der Waals surface area (Å²) in [7, 11) is 1.63. The van der Waals surface area contributed by atoms with Gasteiger partial charge in [-0.2, -0.15) is 0 Å². The standard InChI is InChI=1S/C27H29N7O2/c1-18(21-4-3-5-22-23(27(35)28-2)6-7-30-26(21)22)14-31-25-13-24(32-17-33-25)19-12-20(16-29-15-19)34-8-10-36-11-9-34/h3-7,12-13,15-18H,8-11,14H2,1-2H3,(H,28,35)(H,31,32,33). The predicted molar refractivity (Wildman–Crippen MR) is 140 cm³/mol. The zero-order valence-electron chi connectivity index (χ0n) is 20.4. The van der Waals surface area contributed by atoms with Crippen LogP contribution in [0.15, 0.2) is 61.3 Å². The summed E-state index contributed by atoms with van der Waals surface area (Å²) in [5.41, 5.74) is 5.35. The highest BCUT2D eigenvalue weighted by Gasteiger charge is 2.16. The molecule has 4 aromatic rings. The molecule has 1 aromatic carbocycles. The summed E-state index contributed by atoms with van der Waals surface area (Å²) in [5.74, 6) is 0.750. The predicted octanol–water partition coefficient (Wildman–Crippen LogP) is 3.50. The zero-order chi connectivity index (χ0) is 24.9. The van der Waals surface area contributed by atoms with Crippen molar-refractivity contribution in [2.24, 2.45) is 0 Å². The highest BCUT2D eigenvalue weighted by Crippen LogP contribution is 2.27. The topological polar surface area (TPSA) is 105 Å². The first kappa shape index (κ1) is 23.6. The van der Waals surface area contributed by atoms with Gasteiger partial charge in [0, 0.05) is 62.0 Å². The van der Waals surface area contributed by atoms with Crippen LogP contribution in [0.4, 0.5) is 11.5 Å². The van der Waals surface area contributed by atoms with Crippen molar-refractivity contribution in [3.05, 3.63) is 72.4 Å². The molecular formula is C27H29N7O2. The number of rotatable bonds is 7. The molecule has 5 rings (SSSR count). The average molecular weight is 484 g/mol. The van der Waals surface area contributed by atoms with Crippen molar-refractivity contribution >= 4 is 28.3 Å². The van der Waals surface area contributed by atoms with Crippen molar-refractivity contribution < 1.29 is 9.53 Å². The van der Waals surface area contributed by atoms with E-state index >= 15 is 0 Å². The van der Waals surface area contributed by atoms with Gasteiger partial charge in [-0.05, 0) is 17.7 Å². The molecule has 0 aliphatic carbocycles. The van der Waals surface area contributed by atoms with Crippen LogP contribution in [-0.2, 0) is 4.74 Å². The third-order valence-corrected chi connectivity index (χ3v) is 6.46. The lowest BCUT2D eigenvalue weighted by Gasteiger charge is -2.28. The third kappa shape index (κ3) is 4.96. The number of pyridine rings is 2. The van der Waals surface area contributed by atoms with Gasteiger partial charge in [0.15, 0.2) is 0 Å². The molecule has 9 nitrogen and oxygen atoms in total. The van der Waals surface area contributed by atoms with Gasteiger partial charge in [0.2, 0.25) is 0 Å². The number of fused-ring (bicyclic) bond motifs is 1. The normalized spacial score (nSPS) is 14.4. The summed E-state index contributed by atoms with van der Waals surface area (Å²) >= 11 is 0. The van der Waals surface area contributed by atoms with Crippen LogP contribution in [0.25, 0.3) is 22.2 Å². The molecule has 1 fully saturated rings. The first-order valence-corrected chi connectivity index (χ1v) is 12.1. The summed E-state index contributed by atoms with van der Waals surface area (Å²) in [4.78, 5) is 32.5. The van der Waals surface area contributed by atoms with Gasteiger partial charge in [0.25, 0.3) is 5.91 Å². The fraction of sp³-hybridized carbons (Fsp3) is 0.296. The highest BCUT2D eigenvalue weighted by atomic mass is 16.5. The fourth-order valence-corrected chi connectivity index (χ4v) is 4.47. The van der Waals surface area contributed by atoms with Crippen LogP contribution in [0.2, 0.25) is 0 Å². The van der Waals surface area contributed by atoms with Crippen molar-refractivity contribution in [3.63, 3.8) is 0 Å². The molecule has 9 heteroatoms. The van der Waals surface area contributed by atoms with Gasteiger partial charge < -0.3 is 20.3 Å². The molecule has 1 unspecified atom stereocenters. The number of carbonyl (C=O) groups excluding carboxylic acids is 1. The lowest BCUT2D eigenvalue weighted by Crippen LogP contribution is -2.36. The minimum Gasteiger partial charge on any atom is -0.378 e.